The van der Waals surface area contributed by atoms with Crippen LogP contribution in [-0.4, -0.2) is 18.7 Å². The molecule has 0 aliphatic carbocycles. The van der Waals surface area contributed by atoms with Gasteiger partial charge in [-0.05, 0) is 25.9 Å². The topological polar surface area (TPSA) is 29.1 Å². The molecule has 46 valence electrons. The normalized spacial score (nSPS) is 24.0. The highest BCUT2D eigenvalue weighted by Crippen LogP contribution is 2.16. The molecule has 0 saturated carbocycles. The van der Waals surface area contributed by atoms with Crippen LogP contribution in [0, 0.1) is 0 Å². The summed E-state index contributed by atoms with van der Waals surface area (Å²) in [7, 11) is 0.336. The van der Waals surface area contributed by atoms with Gasteiger partial charge in [0.15, 0.2) is 8.46 Å². The predicted octanol–water partition coefficient (Wildman–Crippen LogP) is 1.03. The molecule has 1 N–H and O–H groups in total. The highest BCUT2D eigenvalue weighted by molar-refractivity contribution is 7.24. The van der Waals surface area contributed by atoms with Crippen molar-refractivity contribution in [3.8, 4) is 0 Å². The first-order valence-corrected chi connectivity index (χ1v) is 3.85. The van der Waals surface area contributed by atoms with E-state index >= 15 is 0 Å². The summed E-state index contributed by atoms with van der Waals surface area (Å²) in [6, 6.07) is 0. The summed E-state index contributed by atoms with van der Waals surface area (Å²) in [5, 5.41) is 3.21. The van der Waals surface area contributed by atoms with Crippen LogP contribution in [0.4, 0.5) is 0 Å². The quantitative estimate of drug-likeness (QED) is 0.538. The maximum atomic E-state index is 10.2. The van der Waals surface area contributed by atoms with Gasteiger partial charge in [-0.3, -0.25) is 4.57 Å². The van der Waals surface area contributed by atoms with E-state index in [0.717, 1.165) is 25.9 Å². The second-order valence-electron chi connectivity index (χ2n) is 2.09. The monoisotopic (exact) mass is 131 g/mol. The van der Waals surface area contributed by atoms with Crippen LogP contribution in [0.25, 0.3) is 0 Å². The van der Waals surface area contributed by atoms with E-state index in [1.807, 2.05) is 0 Å². The maximum Gasteiger partial charge on any atom is 0.158 e. The average Bonchev–Trinajstić information content (AvgIpc) is 1.90. The Morgan fingerprint density at radius 1 is 1.38 bits per heavy atom. The predicted molar refractivity (Wildman–Crippen MR) is 33.5 cm³/mol. The van der Waals surface area contributed by atoms with Crippen LogP contribution in [0.15, 0.2) is 0 Å². The molecule has 0 spiro atoms. The summed E-state index contributed by atoms with van der Waals surface area (Å²) in [4.78, 5) is 0. The van der Waals surface area contributed by atoms with Crippen molar-refractivity contribution in [2.24, 2.45) is 0 Å². The fourth-order valence-electron chi connectivity index (χ4n) is 0.912. The van der Waals surface area contributed by atoms with Crippen molar-refractivity contribution in [2.45, 2.75) is 18.5 Å². The molecule has 3 heteroatoms. The Hall–Kier alpha value is 0.0600. The van der Waals surface area contributed by atoms with Crippen LogP contribution < -0.4 is 5.32 Å². The van der Waals surface area contributed by atoms with Crippen LogP contribution >= 0.6 is 8.46 Å². The van der Waals surface area contributed by atoms with Crippen molar-refractivity contribution < 1.29 is 4.57 Å². The summed E-state index contributed by atoms with van der Waals surface area (Å²) in [5.41, 5.74) is 0.441. The number of piperidine rings is 1. The lowest BCUT2D eigenvalue weighted by Crippen LogP contribution is -2.27. The standard InChI is InChI=1S/C5H10NOP/c7-8-5-1-3-6-4-2-5/h5-6H,1-4H2. The maximum absolute atomic E-state index is 10.2. The zero-order valence-corrected chi connectivity index (χ0v) is 5.66. The van der Waals surface area contributed by atoms with Gasteiger partial charge in [0.05, 0.1) is 0 Å². The van der Waals surface area contributed by atoms with Gasteiger partial charge in [0.25, 0.3) is 0 Å². The second-order valence-corrected chi connectivity index (χ2v) is 3.03. The van der Waals surface area contributed by atoms with Crippen molar-refractivity contribution in [3.05, 3.63) is 0 Å². The molecule has 0 aromatic rings. The molecule has 1 aliphatic heterocycles. The lowest BCUT2D eigenvalue weighted by atomic mass is 10.2. The molecule has 0 radical (unpaired) electrons. The van der Waals surface area contributed by atoms with Crippen molar-refractivity contribution >= 4 is 8.46 Å². The van der Waals surface area contributed by atoms with E-state index in [0.29, 0.717) is 14.1 Å². The highest BCUT2D eigenvalue weighted by Gasteiger charge is 2.11. The van der Waals surface area contributed by atoms with Gasteiger partial charge in [0.1, 0.15) is 0 Å². The molecule has 1 rings (SSSR count). The van der Waals surface area contributed by atoms with Gasteiger partial charge < -0.3 is 5.32 Å². The lowest BCUT2D eigenvalue weighted by Gasteiger charge is -2.15. The highest BCUT2D eigenvalue weighted by atomic mass is 31.1. The fraction of sp³-hybridized carbons (Fsp3) is 1.00. The third kappa shape index (κ3) is 1.53. The number of hydrogen-bond acceptors (Lipinski definition) is 2. The van der Waals surface area contributed by atoms with Gasteiger partial charge >= 0.3 is 0 Å². The van der Waals surface area contributed by atoms with Crippen molar-refractivity contribution in [2.75, 3.05) is 13.1 Å². The van der Waals surface area contributed by atoms with Gasteiger partial charge in [-0.15, -0.1) is 0 Å². The van der Waals surface area contributed by atoms with E-state index < -0.39 is 0 Å². The number of hydrogen-bond donors (Lipinski definition) is 1. The molecule has 0 amide bonds. The minimum Gasteiger partial charge on any atom is -0.317 e. The largest absolute Gasteiger partial charge is 0.317 e. The summed E-state index contributed by atoms with van der Waals surface area (Å²) in [6.45, 7) is 2.08. The van der Waals surface area contributed by atoms with Gasteiger partial charge in [-0.1, -0.05) is 0 Å². The zero-order chi connectivity index (χ0) is 5.82. The minimum absolute atomic E-state index is 0.336. The molecule has 1 heterocycles. The van der Waals surface area contributed by atoms with Crippen molar-refractivity contribution in [3.63, 3.8) is 0 Å². The molecule has 1 aliphatic rings. The van der Waals surface area contributed by atoms with Crippen LogP contribution in [0.5, 0.6) is 0 Å². The summed E-state index contributed by atoms with van der Waals surface area (Å²) in [5.74, 6) is 0. The van der Waals surface area contributed by atoms with Crippen LogP contribution in [-0.2, 0) is 4.57 Å². The fourth-order valence-corrected chi connectivity index (χ4v) is 1.38. The smallest absolute Gasteiger partial charge is 0.158 e. The van der Waals surface area contributed by atoms with Crippen LogP contribution in [0.2, 0.25) is 0 Å². The van der Waals surface area contributed by atoms with Crippen LogP contribution in [0.1, 0.15) is 12.8 Å². The first-order chi connectivity index (χ1) is 3.93. The molecule has 0 unspecified atom stereocenters. The van der Waals surface area contributed by atoms with Crippen molar-refractivity contribution in [1.29, 1.82) is 0 Å². The van der Waals surface area contributed by atoms with Gasteiger partial charge in [0, 0.05) is 5.66 Å². The third-order valence-corrected chi connectivity index (χ3v) is 2.27. The Morgan fingerprint density at radius 3 is 2.38 bits per heavy atom. The van der Waals surface area contributed by atoms with Crippen LogP contribution in [0.3, 0.4) is 0 Å². The molecule has 0 aromatic carbocycles. The number of nitrogens with one attached hydrogen (secondary N) is 1. The lowest BCUT2D eigenvalue weighted by molar-refractivity contribution is 0.511. The first kappa shape index (κ1) is 6.18. The Morgan fingerprint density at radius 2 is 2.00 bits per heavy atom. The molecule has 0 bridgehead atoms. The van der Waals surface area contributed by atoms with E-state index in [4.69, 9.17) is 0 Å². The Balaban J connectivity index is 2.22. The summed E-state index contributed by atoms with van der Waals surface area (Å²) >= 11 is 0. The minimum atomic E-state index is 0.336. The summed E-state index contributed by atoms with van der Waals surface area (Å²) < 4.78 is 10.2. The molecule has 0 atom stereocenters. The van der Waals surface area contributed by atoms with E-state index in [1.165, 1.54) is 0 Å². The Labute approximate surface area is 50.9 Å². The molecular formula is C5H10NOP. The van der Waals surface area contributed by atoms with Gasteiger partial charge in [-0.25, -0.2) is 0 Å². The average molecular weight is 131 g/mol. The van der Waals surface area contributed by atoms with Crippen molar-refractivity contribution in [1.82, 2.24) is 5.32 Å². The molecule has 1 fully saturated rings. The molecule has 2 nitrogen and oxygen atoms in total. The summed E-state index contributed by atoms with van der Waals surface area (Å²) in [6.07, 6.45) is 2.15. The van der Waals surface area contributed by atoms with E-state index in [1.54, 1.807) is 0 Å². The van der Waals surface area contributed by atoms with Gasteiger partial charge in [0.2, 0.25) is 0 Å². The Kier molecular flexibility index (Phi) is 2.44. The second kappa shape index (κ2) is 3.16. The molecular weight excluding hydrogens is 121 g/mol. The van der Waals surface area contributed by atoms with E-state index in [2.05, 4.69) is 5.32 Å². The first-order valence-electron chi connectivity index (χ1n) is 2.96. The third-order valence-electron chi connectivity index (χ3n) is 1.46. The molecule has 8 heavy (non-hydrogen) atoms. The number of rotatable bonds is 1. The van der Waals surface area contributed by atoms with E-state index in [9.17, 15) is 4.57 Å². The van der Waals surface area contributed by atoms with E-state index in [-0.39, 0.29) is 0 Å². The SMILES string of the molecule is O=PC1CCNCC1. The van der Waals surface area contributed by atoms with Gasteiger partial charge in [-0.2, -0.15) is 0 Å². The molecule has 1 saturated heterocycles. The zero-order valence-electron chi connectivity index (χ0n) is 4.76. The molecule has 0 aromatic heterocycles. The Bertz CT molecular complexity index is 80.5.